The number of hydrogen-bond donors (Lipinski definition) is 1. The summed E-state index contributed by atoms with van der Waals surface area (Å²) in [6.45, 7) is 0.0191. The Morgan fingerprint density at radius 3 is 2.74 bits per heavy atom. The fourth-order valence-corrected chi connectivity index (χ4v) is 3.15. The van der Waals surface area contributed by atoms with Crippen LogP contribution in [0.25, 0.3) is 11.6 Å². The van der Waals surface area contributed by atoms with Crippen molar-refractivity contribution < 1.29 is 18.7 Å². The highest BCUT2D eigenvalue weighted by Gasteiger charge is 2.24. The van der Waals surface area contributed by atoms with Gasteiger partial charge in [-0.1, -0.05) is 34.1 Å². The average Bonchev–Trinajstić information content (AvgIpc) is 3.25. The predicted molar refractivity (Wildman–Crippen MR) is 105 cm³/mol. The lowest BCUT2D eigenvalue weighted by Crippen LogP contribution is -2.04. The number of benzene rings is 2. The molecule has 1 aromatic heterocycles. The number of ether oxygens (including phenoxy) is 1. The van der Waals surface area contributed by atoms with E-state index in [4.69, 9.17) is 9.15 Å². The first-order valence-corrected chi connectivity index (χ1v) is 9.03. The standard InChI is InChI=1S/C21H14BrNO4/c22-14-6-9-19-17(10-14)18(20(24)23-19)11-15-7-8-16(27-15)12-26-21(25)13-4-2-1-3-5-13/h1-11H,12H2,(H,23,24)/b18-11-. The van der Waals surface area contributed by atoms with E-state index in [1.807, 2.05) is 24.3 Å². The minimum Gasteiger partial charge on any atom is -0.458 e. The quantitative estimate of drug-likeness (QED) is 0.478. The topological polar surface area (TPSA) is 68.5 Å². The maximum atomic E-state index is 12.2. The minimum absolute atomic E-state index is 0.0191. The molecule has 0 atom stereocenters. The second-order valence-electron chi connectivity index (χ2n) is 5.95. The van der Waals surface area contributed by atoms with E-state index in [1.165, 1.54) is 0 Å². The molecule has 1 N–H and O–H groups in total. The van der Waals surface area contributed by atoms with Gasteiger partial charge >= 0.3 is 5.97 Å². The summed E-state index contributed by atoms with van der Waals surface area (Å²) in [4.78, 5) is 24.2. The van der Waals surface area contributed by atoms with Crippen LogP contribution in [0.15, 0.2) is 69.6 Å². The van der Waals surface area contributed by atoms with Gasteiger partial charge in [-0.25, -0.2) is 4.79 Å². The van der Waals surface area contributed by atoms with Crippen molar-refractivity contribution in [2.45, 2.75) is 6.61 Å². The molecular weight excluding hydrogens is 410 g/mol. The summed E-state index contributed by atoms with van der Waals surface area (Å²) in [5.41, 5.74) is 2.57. The van der Waals surface area contributed by atoms with Gasteiger partial charge in [0.05, 0.1) is 11.1 Å². The molecule has 2 heterocycles. The number of furan rings is 1. The molecule has 0 saturated carbocycles. The van der Waals surface area contributed by atoms with Gasteiger partial charge in [0, 0.05) is 15.7 Å². The van der Waals surface area contributed by atoms with E-state index in [-0.39, 0.29) is 12.5 Å². The van der Waals surface area contributed by atoms with E-state index >= 15 is 0 Å². The Kier molecular flexibility index (Phi) is 4.64. The molecule has 0 aliphatic carbocycles. The zero-order valence-electron chi connectivity index (χ0n) is 14.1. The molecule has 1 aliphatic rings. The van der Waals surface area contributed by atoms with Crippen LogP contribution >= 0.6 is 15.9 Å². The highest BCUT2D eigenvalue weighted by atomic mass is 79.9. The van der Waals surface area contributed by atoms with E-state index < -0.39 is 5.97 Å². The molecule has 3 aromatic rings. The Morgan fingerprint density at radius 1 is 1.11 bits per heavy atom. The van der Waals surface area contributed by atoms with Crippen LogP contribution < -0.4 is 5.32 Å². The van der Waals surface area contributed by atoms with Gasteiger partial charge in [0.25, 0.3) is 5.91 Å². The van der Waals surface area contributed by atoms with Crippen molar-refractivity contribution in [2.24, 2.45) is 0 Å². The van der Waals surface area contributed by atoms with Crippen molar-refractivity contribution in [3.8, 4) is 0 Å². The SMILES string of the molecule is O=C1Nc2ccc(Br)cc2/C1=C/c1ccc(COC(=O)c2ccccc2)o1. The lowest BCUT2D eigenvalue weighted by molar-refractivity contribution is -0.110. The first kappa shape index (κ1) is 17.3. The summed E-state index contributed by atoms with van der Waals surface area (Å²) in [6, 6.07) is 17.8. The fourth-order valence-electron chi connectivity index (χ4n) is 2.79. The monoisotopic (exact) mass is 423 g/mol. The highest BCUT2D eigenvalue weighted by Crippen LogP contribution is 2.35. The number of fused-ring (bicyclic) bond motifs is 1. The molecule has 0 unspecified atom stereocenters. The molecule has 0 fully saturated rings. The van der Waals surface area contributed by atoms with Gasteiger partial charge in [-0.15, -0.1) is 0 Å². The number of amides is 1. The third kappa shape index (κ3) is 3.71. The first-order chi connectivity index (χ1) is 13.1. The van der Waals surface area contributed by atoms with Gasteiger partial charge in [0.15, 0.2) is 0 Å². The van der Waals surface area contributed by atoms with Gasteiger partial charge in [-0.05, 0) is 48.5 Å². The van der Waals surface area contributed by atoms with Gasteiger partial charge in [-0.3, -0.25) is 4.79 Å². The van der Waals surface area contributed by atoms with E-state index in [0.717, 1.165) is 15.7 Å². The van der Waals surface area contributed by atoms with Crippen molar-refractivity contribution in [2.75, 3.05) is 5.32 Å². The lowest BCUT2D eigenvalue weighted by Gasteiger charge is -2.02. The maximum absolute atomic E-state index is 12.2. The number of hydrogen-bond acceptors (Lipinski definition) is 4. The average molecular weight is 424 g/mol. The molecule has 0 spiro atoms. The summed E-state index contributed by atoms with van der Waals surface area (Å²) in [5.74, 6) is 0.412. The van der Waals surface area contributed by atoms with E-state index in [0.29, 0.717) is 22.7 Å². The van der Waals surface area contributed by atoms with Crippen LogP contribution in [0.4, 0.5) is 5.69 Å². The van der Waals surface area contributed by atoms with Gasteiger partial charge in [0.1, 0.15) is 18.1 Å². The predicted octanol–water partition coefficient (Wildman–Crippen LogP) is 4.89. The molecule has 5 nitrogen and oxygen atoms in total. The van der Waals surface area contributed by atoms with Gasteiger partial charge in [-0.2, -0.15) is 0 Å². The summed E-state index contributed by atoms with van der Waals surface area (Å²) in [7, 11) is 0. The van der Waals surface area contributed by atoms with Crippen LogP contribution in [0.3, 0.4) is 0 Å². The molecule has 4 rings (SSSR count). The van der Waals surface area contributed by atoms with Crippen LogP contribution in [-0.2, 0) is 16.1 Å². The van der Waals surface area contributed by atoms with E-state index in [1.54, 1.807) is 42.5 Å². The number of carbonyl (C=O) groups excluding carboxylic acids is 2. The molecule has 27 heavy (non-hydrogen) atoms. The second kappa shape index (κ2) is 7.25. The first-order valence-electron chi connectivity index (χ1n) is 8.24. The lowest BCUT2D eigenvalue weighted by atomic mass is 10.1. The molecule has 1 amide bonds. The molecular formula is C21H14BrNO4. The molecule has 0 bridgehead atoms. The minimum atomic E-state index is -0.416. The zero-order chi connectivity index (χ0) is 18.8. The molecule has 1 aliphatic heterocycles. The third-order valence-electron chi connectivity index (χ3n) is 4.09. The van der Waals surface area contributed by atoms with Crippen molar-refractivity contribution in [3.05, 3.63) is 87.8 Å². The summed E-state index contributed by atoms with van der Waals surface area (Å²) in [5, 5.41) is 2.82. The number of halogens is 1. The van der Waals surface area contributed by atoms with Crippen molar-refractivity contribution in [3.63, 3.8) is 0 Å². The normalized spacial score (nSPS) is 14.1. The largest absolute Gasteiger partial charge is 0.458 e. The highest BCUT2D eigenvalue weighted by molar-refractivity contribution is 9.10. The van der Waals surface area contributed by atoms with E-state index in [2.05, 4.69) is 21.2 Å². The van der Waals surface area contributed by atoms with Gasteiger partial charge < -0.3 is 14.5 Å². The summed E-state index contributed by atoms with van der Waals surface area (Å²) >= 11 is 3.42. The van der Waals surface area contributed by atoms with Crippen molar-refractivity contribution in [1.29, 1.82) is 0 Å². The fraction of sp³-hybridized carbons (Fsp3) is 0.0476. The second-order valence-corrected chi connectivity index (χ2v) is 6.86. The van der Waals surface area contributed by atoms with Crippen LogP contribution in [0, 0.1) is 0 Å². The number of rotatable bonds is 4. The number of anilines is 1. The van der Waals surface area contributed by atoms with Crippen LogP contribution in [0.5, 0.6) is 0 Å². The van der Waals surface area contributed by atoms with Gasteiger partial charge in [0.2, 0.25) is 0 Å². The Bertz CT molecular complexity index is 1050. The molecule has 2 aromatic carbocycles. The summed E-state index contributed by atoms with van der Waals surface area (Å²) < 4.78 is 11.8. The van der Waals surface area contributed by atoms with Crippen molar-refractivity contribution >= 4 is 45.1 Å². The van der Waals surface area contributed by atoms with Crippen LogP contribution in [0.2, 0.25) is 0 Å². The number of carbonyl (C=O) groups is 2. The Hall–Kier alpha value is -3.12. The molecule has 0 radical (unpaired) electrons. The number of nitrogens with one attached hydrogen (secondary N) is 1. The molecule has 134 valence electrons. The zero-order valence-corrected chi connectivity index (χ0v) is 15.7. The Labute approximate surface area is 163 Å². The third-order valence-corrected chi connectivity index (χ3v) is 4.58. The maximum Gasteiger partial charge on any atom is 0.338 e. The van der Waals surface area contributed by atoms with Crippen LogP contribution in [-0.4, -0.2) is 11.9 Å². The Balaban J connectivity index is 1.49. The van der Waals surface area contributed by atoms with E-state index in [9.17, 15) is 9.59 Å². The Morgan fingerprint density at radius 2 is 1.93 bits per heavy atom. The van der Waals surface area contributed by atoms with Crippen LogP contribution in [0.1, 0.15) is 27.4 Å². The summed E-state index contributed by atoms with van der Waals surface area (Å²) in [6.07, 6.45) is 1.68. The van der Waals surface area contributed by atoms with Crippen molar-refractivity contribution in [1.82, 2.24) is 0 Å². The molecule has 6 heteroatoms. The smallest absolute Gasteiger partial charge is 0.338 e. The number of esters is 1. The molecule has 0 saturated heterocycles.